The van der Waals surface area contributed by atoms with E-state index in [0.717, 1.165) is 29.5 Å². The predicted octanol–water partition coefficient (Wildman–Crippen LogP) is 7.48. The monoisotopic (exact) mass is 455 g/mol. The molecule has 0 unspecified atom stereocenters. The predicted molar refractivity (Wildman–Crippen MR) is 121 cm³/mol. The Hall–Kier alpha value is -1.16. The highest BCUT2D eigenvalue weighted by molar-refractivity contribution is 6.49. The van der Waals surface area contributed by atoms with Crippen LogP contribution < -0.4 is 0 Å². The second kappa shape index (κ2) is 7.21. The second-order valence-electron chi connectivity index (χ2n) is 10.3. The molecule has 1 aliphatic rings. The molecule has 0 atom stereocenters. The molecule has 0 amide bonds. The number of nitrogens with one attached hydrogen (secondary N) is 1. The van der Waals surface area contributed by atoms with Crippen molar-refractivity contribution in [2.45, 2.75) is 71.6 Å². The van der Waals surface area contributed by atoms with Crippen LogP contribution in [0.2, 0.25) is 15.2 Å². The van der Waals surface area contributed by atoms with Gasteiger partial charge in [-0.05, 0) is 46.8 Å². The normalized spacial score (nSPS) is 16.2. The maximum atomic E-state index is 13.3. The van der Waals surface area contributed by atoms with E-state index in [-0.39, 0.29) is 37.5 Å². The van der Waals surface area contributed by atoms with Gasteiger partial charge in [0.15, 0.2) is 5.78 Å². The molecule has 158 valence electrons. The van der Waals surface area contributed by atoms with Crippen LogP contribution in [-0.2, 0) is 17.3 Å². The van der Waals surface area contributed by atoms with Crippen molar-refractivity contribution in [3.63, 3.8) is 0 Å². The van der Waals surface area contributed by atoms with Crippen LogP contribution in [0.5, 0.6) is 5.75 Å². The average Bonchev–Trinajstić information content (AvgIpc) is 3.32. The van der Waals surface area contributed by atoms with Crippen LogP contribution in [0.3, 0.4) is 0 Å². The van der Waals surface area contributed by atoms with Crippen molar-refractivity contribution < 1.29 is 9.90 Å². The van der Waals surface area contributed by atoms with E-state index in [0.29, 0.717) is 12.2 Å². The molecule has 6 heteroatoms. The fourth-order valence-electron chi connectivity index (χ4n) is 3.81. The third kappa shape index (κ3) is 4.19. The number of phenolic OH excluding ortho intramolecular Hbond substituents is 1. The number of carbonyl (C=O) groups excluding carboxylic acids is 1. The van der Waals surface area contributed by atoms with Crippen LogP contribution in [0, 0.1) is 5.41 Å². The number of aromatic amines is 1. The summed E-state index contributed by atoms with van der Waals surface area (Å²) in [5.74, 6) is 0.287. The maximum Gasteiger partial charge on any atom is 0.187 e. The number of phenols is 1. The number of carbonyl (C=O) groups is 1. The van der Waals surface area contributed by atoms with Gasteiger partial charge >= 0.3 is 0 Å². The Labute approximate surface area is 187 Å². The molecule has 0 aliphatic heterocycles. The van der Waals surface area contributed by atoms with Crippen molar-refractivity contribution in [2.24, 2.45) is 5.41 Å². The van der Waals surface area contributed by atoms with Crippen molar-refractivity contribution in [2.75, 3.05) is 0 Å². The first-order chi connectivity index (χ1) is 13.2. The summed E-state index contributed by atoms with van der Waals surface area (Å²) >= 11 is 18.3. The summed E-state index contributed by atoms with van der Waals surface area (Å²) in [4.78, 5) is 16.1. The summed E-state index contributed by atoms with van der Waals surface area (Å²) < 4.78 is 0. The van der Waals surface area contributed by atoms with Crippen LogP contribution in [-0.4, -0.2) is 15.9 Å². The number of Topliss-reactive ketones (excluding diaryl/α,β-unsaturated/α-hetero) is 1. The molecule has 1 heterocycles. The molecule has 0 bridgehead atoms. The van der Waals surface area contributed by atoms with Gasteiger partial charge in [-0.15, -0.1) is 0 Å². The summed E-state index contributed by atoms with van der Waals surface area (Å²) in [7, 11) is 0. The Bertz CT molecular complexity index is 938. The molecule has 1 aromatic carbocycles. The third-order valence-electron chi connectivity index (χ3n) is 5.73. The zero-order chi connectivity index (χ0) is 21.9. The van der Waals surface area contributed by atoms with Crippen LogP contribution in [0.15, 0.2) is 12.1 Å². The number of aromatic hydroxyl groups is 1. The largest absolute Gasteiger partial charge is 0.507 e. The Balaban J connectivity index is 2.03. The van der Waals surface area contributed by atoms with Crippen molar-refractivity contribution in [1.82, 2.24) is 4.98 Å². The number of benzene rings is 1. The molecule has 3 nitrogen and oxygen atoms in total. The number of aromatic nitrogens is 1. The smallest absolute Gasteiger partial charge is 0.187 e. The quantitative estimate of drug-likeness (QED) is 0.468. The minimum absolute atomic E-state index is 0.0565. The summed E-state index contributed by atoms with van der Waals surface area (Å²) in [5.41, 5.74) is 2.17. The highest BCUT2D eigenvalue weighted by Crippen LogP contribution is 2.53. The van der Waals surface area contributed by atoms with Gasteiger partial charge in [0, 0.05) is 5.41 Å². The lowest BCUT2D eigenvalue weighted by Gasteiger charge is -2.29. The van der Waals surface area contributed by atoms with Crippen molar-refractivity contribution >= 4 is 40.6 Å². The van der Waals surface area contributed by atoms with Gasteiger partial charge in [-0.1, -0.05) is 88.5 Å². The Morgan fingerprint density at radius 1 is 1.00 bits per heavy atom. The minimum atomic E-state index is -0.511. The third-order valence-corrected chi connectivity index (χ3v) is 6.96. The molecule has 1 saturated carbocycles. The Kier molecular flexibility index (Phi) is 5.60. The van der Waals surface area contributed by atoms with E-state index in [1.54, 1.807) is 0 Å². The number of hydrogen-bond donors (Lipinski definition) is 2. The Morgan fingerprint density at radius 3 is 1.83 bits per heavy atom. The average molecular weight is 457 g/mol. The van der Waals surface area contributed by atoms with E-state index in [2.05, 4.69) is 46.5 Å². The zero-order valence-corrected chi connectivity index (χ0v) is 20.0. The molecule has 1 aromatic heterocycles. The van der Waals surface area contributed by atoms with Gasteiger partial charge in [-0.2, -0.15) is 0 Å². The Morgan fingerprint density at radius 2 is 1.48 bits per heavy atom. The molecule has 1 fully saturated rings. The summed E-state index contributed by atoms with van der Waals surface area (Å²) in [6.45, 7) is 12.5. The van der Waals surface area contributed by atoms with Gasteiger partial charge in [0.05, 0.1) is 10.0 Å². The van der Waals surface area contributed by atoms with Crippen LogP contribution in [0.25, 0.3) is 0 Å². The second-order valence-corrected chi connectivity index (χ2v) is 11.4. The standard InChI is InChI=1S/C23H28Cl3NO2/c1-21(2,3)13-9-12(10-14(18(13)28)22(4,5)6)11-23(7-8-23)19(29)17-15(24)16(25)20(26)27-17/h9-10,27-28H,7-8,11H2,1-6H3. The van der Waals surface area contributed by atoms with Gasteiger partial charge in [0.1, 0.15) is 16.6 Å². The van der Waals surface area contributed by atoms with E-state index in [1.165, 1.54) is 0 Å². The molecule has 0 saturated heterocycles. The summed E-state index contributed by atoms with van der Waals surface area (Å²) in [6, 6.07) is 4.07. The number of hydrogen-bond acceptors (Lipinski definition) is 2. The highest BCUT2D eigenvalue weighted by atomic mass is 35.5. The van der Waals surface area contributed by atoms with Crippen molar-refractivity contribution in [3.05, 3.63) is 49.7 Å². The topological polar surface area (TPSA) is 53.1 Å². The van der Waals surface area contributed by atoms with Gasteiger partial charge in [0.25, 0.3) is 0 Å². The number of halogens is 3. The number of rotatable bonds is 4. The van der Waals surface area contributed by atoms with E-state index in [4.69, 9.17) is 34.8 Å². The van der Waals surface area contributed by atoms with E-state index < -0.39 is 5.41 Å². The zero-order valence-electron chi connectivity index (χ0n) is 17.8. The molecule has 2 N–H and O–H groups in total. The van der Waals surface area contributed by atoms with Crippen LogP contribution in [0.1, 0.15) is 81.6 Å². The number of H-pyrrole nitrogens is 1. The molecule has 29 heavy (non-hydrogen) atoms. The first-order valence-corrected chi connectivity index (χ1v) is 10.9. The van der Waals surface area contributed by atoms with E-state index in [1.807, 2.05) is 12.1 Å². The molecule has 3 rings (SSSR count). The van der Waals surface area contributed by atoms with E-state index in [9.17, 15) is 9.90 Å². The fraction of sp³-hybridized carbons (Fsp3) is 0.522. The van der Waals surface area contributed by atoms with Crippen molar-refractivity contribution in [1.29, 1.82) is 0 Å². The van der Waals surface area contributed by atoms with Gasteiger partial charge < -0.3 is 10.1 Å². The van der Waals surface area contributed by atoms with Gasteiger partial charge in [-0.25, -0.2) is 0 Å². The molecular formula is C23H28Cl3NO2. The lowest BCUT2D eigenvalue weighted by atomic mass is 9.77. The lowest BCUT2D eigenvalue weighted by molar-refractivity contribution is 0.0895. The van der Waals surface area contributed by atoms with Gasteiger partial charge in [-0.3, -0.25) is 4.79 Å². The maximum absolute atomic E-state index is 13.3. The molecule has 0 spiro atoms. The molecule has 1 aliphatic carbocycles. The van der Waals surface area contributed by atoms with Gasteiger partial charge in [0.2, 0.25) is 0 Å². The SMILES string of the molecule is CC(C)(C)c1cc(CC2(C(=O)c3[nH]c(Cl)c(Cl)c3Cl)CC2)cc(C(C)(C)C)c1O. The van der Waals surface area contributed by atoms with Crippen LogP contribution in [0.4, 0.5) is 0 Å². The summed E-state index contributed by atoms with van der Waals surface area (Å²) in [5, 5.41) is 11.5. The highest BCUT2D eigenvalue weighted by Gasteiger charge is 2.51. The minimum Gasteiger partial charge on any atom is -0.507 e. The van der Waals surface area contributed by atoms with Crippen LogP contribution >= 0.6 is 34.8 Å². The van der Waals surface area contributed by atoms with Crippen molar-refractivity contribution in [3.8, 4) is 5.75 Å². The summed E-state index contributed by atoms with van der Waals surface area (Å²) in [6.07, 6.45) is 2.16. The number of ketones is 1. The fourth-order valence-corrected chi connectivity index (χ4v) is 4.42. The first kappa shape index (κ1) is 22.5. The first-order valence-electron chi connectivity index (χ1n) is 9.81. The van der Waals surface area contributed by atoms with E-state index >= 15 is 0 Å². The molecule has 2 aromatic rings. The lowest BCUT2D eigenvalue weighted by Crippen LogP contribution is -2.22. The molecule has 0 radical (unpaired) electrons. The molecular weight excluding hydrogens is 429 g/mol.